The third-order valence-corrected chi connectivity index (χ3v) is 4.85. The molecule has 1 aromatic carbocycles. The normalized spacial score (nSPS) is 14.4. The van der Waals surface area contributed by atoms with Crippen LogP contribution in [0, 0.1) is 18.8 Å². The lowest BCUT2D eigenvalue weighted by molar-refractivity contribution is 0.0941. The second kappa shape index (κ2) is 6.76. The number of thiazole rings is 1. The summed E-state index contributed by atoms with van der Waals surface area (Å²) >= 11 is 1.37. The van der Waals surface area contributed by atoms with E-state index >= 15 is 0 Å². The second-order valence-electron chi connectivity index (χ2n) is 5.50. The minimum atomic E-state index is -0.00494. The molecule has 0 unspecified atom stereocenters. The van der Waals surface area contributed by atoms with E-state index in [4.69, 9.17) is 0 Å². The maximum atomic E-state index is 12.3. The van der Waals surface area contributed by atoms with Crippen LogP contribution in [0.1, 0.15) is 51.6 Å². The summed E-state index contributed by atoms with van der Waals surface area (Å²) < 4.78 is 0. The number of carbonyl (C=O) groups is 1. The molecule has 0 spiro atoms. The number of amides is 1. The molecule has 1 N–H and O–H groups in total. The molecule has 4 heteroatoms. The van der Waals surface area contributed by atoms with Gasteiger partial charge in [-0.25, -0.2) is 4.98 Å². The van der Waals surface area contributed by atoms with Crippen LogP contribution in [0.2, 0.25) is 0 Å². The number of hydrogen-bond acceptors (Lipinski definition) is 3. The number of rotatable bonds is 2. The number of carbonyl (C=O) groups excluding carboxylic acids is 1. The highest BCUT2D eigenvalue weighted by atomic mass is 32.1. The van der Waals surface area contributed by atoms with E-state index in [1.165, 1.54) is 24.2 Å². The number of aromatic nitrogens is 1. The zero-order valence-electron chi connectivity index (χ0n) is 12.6. The van der Waals surface area contributed by atoms with Crippen LogP contribution in [0.15, 0.2) is 30.3 Å². The average Bonchev–Trinajstić information content (AvgIpc) is 3.16. The fourth-order valence-corrected chi connectivity index (χ4v) is 3.45. The van der Waals surface area contributed by atoms with Crippen LogP contribution in [0.25, 0.3) is 0 Å². The van der Waals surface area contributed by atoms with Gasteiger partial charge in [0, 0.05) is 11.6 Å². The molecule has 3 rings (SSSR count). The van der Waals surface area contributed by atoms with Crippen molar-refractivity contribution in [3.8, 4) is 11.8 Å². The Balaban J connectivity index is 1.73. The summed E-state index contributed by atoms with van der Waals surface area (Å²) in [6.45, 7) is 1.87. The van der Waals surface area contributed by atoms with Crippen molar-refractivity contribution >= 4 is 17.2 Å². The van der Waals surface area contributed by atoms with Crippen LogP contribution >= 0.6 is 11.3 Å². The molecule has 1 heterocycles. The summed E-state index contributed by atoms with van der Waals surface area (Å²) in [6.07, 6.45) is 4.59. The molecule has 1 fully saturated rings. The van der Waals surface area contributed by atoms with Gasteiger partial charge >= 0.3 is 0 Å². The van der Waals surface area contributed by atoms with Crippen LogP contribution in [0.5, 0.6) is 0 Å². The van der Waals surface area contributed by atoms with E-state index in [1.54, 1.807) is 0 Å². The number of nitrogens with zero attached hydrogens (tertiary/aromatic N) is 1. The molecule has 1 saturated carbocycles. The number of hydrogen-bond donors (Lipinski definition) is 1. The molecule has 0 aliphatic heterocycles. The minimum Gasteiger partial charge on any atom is -0.349 e. The molecule has 1 aromatic heterocycles. The molecule has 112 valence electrons. The van der Waals surface area contributed by atoms with Crippen molar-refractivity contribution in [2.75, 3.05) is 0 Å². The van der Waals surface area contributed by atoms with Gasteiger partial charge in [0.1, 0.15) is 4.88 Å². The van der Waals surface area contributed by atoms with Crippen molar-refractivity contribution in [3.63, 3.8) is 0 Å². The van der Waals surface area contributed by atoms with Gasteiger partial charge < -0.3 is 5.32 Å². The van der Waals surface area contributed by atoms with E-state index in [0.29, 0.717) is 15.9 Å². The van der Waals surface area contributed by atoms with Crippen molar-refractivity contribution in [2.45, 2.75) is 38.6 Å². The van der Waals surface area contributed by atoms with Gasteiger partial charge in [0.2, 0.25) is 0 Å². The van der Waals surface area contributed by atoms with Crippen LogP contribution < -0.4 is 5.32 Å². The Hall–Kier alpha value is -2.12. The Morgan fingerprint density at radius 1 is 1.23 bits per heavy atom. The van der Waals surface area contributed by atoms with Gasteiger partial charge in [-0.15, -0.1) is 11.3 Å². The minimum absolute atomic E-state index is 0.00494. The third-order valence-electron chi connectivity index (χ3n) is 3.78. The Morgan fingerprint density at radius 2 is 1.95 bits per heavy atom. The van der Waals surface area contributed by atoms with Crippen LogP contribution in [0.4, 0.5) is 0 Å². The SMILES string of the molecule is Cc1nc(C#Cc2ccccc2)sc1C(=O)NC1CCCC1. The van der Waals surface area contributed by atoms with Crippen molar-refractivity contribution < 1.29 is 4.79 Å². The predicted octanol–water partition coefficient (Wildman–Crippen LogP) is 3.52. The molecule has 1 aliphatic carbocycles. The van der Waals surface area contributed by atoms with Gasteiger partial charge in [-0.05, 0) is 37.8 Å². The maximum Gasteiger partial charge on any atom is 0.263 e. The van der Waals surface area contributed by atoms with E-state index in [2.05, 4.69) is 22.1 Å². The first-order valence-corrected chi connectivity index (χ1v) is 8.39. The highest BCUT2D eigenvalue weighted by molar-refractivity contribution is 7.14. The summed E-state index contributed by atoms with van der Waals surface area (Å²) in [5, 5.41) is 3.80. The maximum absolute atomic E-state index is 12.3. The molecular formula is C18H18N2OS. The summed E-state index contributed by atoms with van der Waals surface area (Å²) in [7, 11) is 0. The van der Waals surface area contributed by atoms with Crippen molar-refractivity contribution in [1.82, 2.24) is 10.3 Å². The molecular weight excluding hydrogens is 292 g/mol. The monoisotopic (exact) mass is 310 g/mol. The van der Waals surface area contributed by atoms with E-state index in [0.717, 1.165) is 24.1 Å². The highest BCUT2D eigenvalue weighted by Gasteiger charge is 2.20. The Labute approximate surface area is 134 Å². The van der Waals surface area contributed by atoms with E-state index in [9.17, 15) is 4.79 Å². The summed E-state index contributed by atoms with van der Waals surface area (Å²) in [4.78, 5) is 17.4. The molecule has 2 aromatic rings. The third kappa shape index (κ3) is 3.55. The molecule has 3 nitrogen and oxygen atoms in total. The van der Waals surface area contributed by atoms with Crippen LogP contribution in [-0.2, 0) is 0 Å². The largest absolute Gasteiger partial charge is 0.349 e. The lowest BCUT2D eigenvalue weighted by Gasteiger charge is -2.10. The van der Waals surface area contributed by atoms with Crippen molar-refractivity contribution in [2.24, 2.45) is 0 Å². The first kappa shape index (κ1) is 14.8. The molecule has 0 radical (unpaired) electrons. The van der Waals surface area contributed by atoms with Gasteiger partial charge in [-0.2, -0.15) is 0 Å². The Kier molecular flexibility index (Phi) is 4.55. The fraction of sp³-hybridized carbons (Fsp3) is 0.333. The first-order chi connectivity index (χ1) is 10.7. The molecule has 1 amide bonds. The number of nitrogens with one attached hydrogen (secondary N) is 1. The zero-order valence-corrected chi connectivity index (χ0v) is 13.4. The average molecular weight is 310 g/mol. The molecule has 0 saturated heterocycles. The summed E-state index contributed by atoms with van der Waals surface area (Å²) in [6, 6.07) is 10.1. The van der Waals surface area contributed by atoms with E-state index < -0.39 is 0 Å². The predicted molar refractivity (Wildman–Crippen MR) is 89.0 cm³/mol. The lowest BCUT2D eigenvalue weighted by atomic mass is 10.2. The molecule has 0 bridgehead atoms. The summed E-state index contributed by atoms with van der Waals surface area (Å²) in [5.41, 5.74) is 1.71. The van der Waals surface area contributed by atoms with Crippen molar-refractivity contribution in [3.05, 3.63) is 51.5 Å². The van der Waals surface area contributed by atoms with Gasteiger partial charge in [0.15, 0.2) is 5.01 Å². The van der Waals surface area contributed by atoms with Gasteiger partial charge in [0.25, 0.3) is 5.91 Å². The van der Waals surface area contributed by atoms with Crippen LogP contribution in [0.3, 0.4) is 0 Å². The number of benzene rings is 1. The lowest BCUT2D eigenvalue weighted by Crippen LogP contribution is -2.32. The standard InChI is InChI=1S/C18H18N2OS/c1-13-17(18(21)20-15-9-5-6-10-15)22-16(19-13)12-11-14-7-3-2-4-8-14/h2-4,7-8,15H,5-6,9-10H2,1H3,(H,20,21). The quantitative estimate of drug-likeness (QED) is 0.862. The fourth-order valence-electron chi connectivity index (χ4n) is 2.63. The van der Waals surface area contributed by atoms with Gasteiger partial charge in [-0.3, -0.25) is 4.79 Å². The second-order valence-corrected chi connectivity index (χ2v) is 6.50. The van der Waals surface area contributed by atoms with Gasteiger partial charge in [-0.1, -0.05) is 37.0 Å². The van der Waals surface area contributed by atoms with Crippen LogP contribution in [-0.4, -0.2) is 16.9 Å². The van der Waals surface area contributed by atoms with E-state index in [1.807, 2.05) is 37.3 Å². The van der Waals surface area contributed by atoms with E-state index in [-0.39, 0.29) is 5.91 Å². The highest BCUT2D eigenvalue weighted by Crippen LogP contribution is 2.21. The molecule has 0 atom stereocenters. The van der Waals surface area contributed by atoms with Crippen molar-refractivity contribution in [1.29, 1.82) is 0 Å². The molecule has 22 heavy (non-hydrogen) atoms. The van der Waals surface area contributed by atoms with Gasteiger partial charge in [0.05, 0.1) is 5.69 Å². The molecule has 1 aliphatic rings. The topological polar surface area (TPSA) is 42.0 Å². The Morgan fingerprint density at radius 3 is 2.68 bits per heavy atom. The Bertz CT molecular complexity index is 719. The first-order valence-electron chi connectivity index (χ1n) is 7.58. The zero-order chi connectivity index (χ0) is 15.4. The smallest absolute Gasteiger partial charge is 0.263 e. The summed E-state index contributed by atoms with van der Waals surface area (Å²) in [5.74, 6) is 6.12. The number of aryl methyl sites for hydroxylation is 1.